The summed E-state index contributed by atoms with van der Waals surface area (Å²) in [6, 6.07) is 17.1. The maximum atomic E-state index is 4.93. The van der Waals surface area contributed by atoms with E-state index < -0.39 is 20.8 Å². The summed E-state index contributed by atoms with van der Waals surface area (Å²) < 4.78 is 0. The van der Waals surface area contributed by atoms with Crippen LogP contribution in [0.25, 0.3) is 12.2 Å². The van der Waals surface area contributed by atoms with Gasteiger partial charge in [-0.25, -0.2) is 0 Å². The van der Waals surface area contributed by atoms with Gasteiger partial charge in [-0.05, 0) is 28.2 Å². The van der Waals surface area contributed by atoms with Crippen molar-refractivity contribution < 1.29 is 20.8 Å². The predicted molar refractivity (Wildman–Crippen MR) is 130 cm³/mol. The van der Waals surface area contributed by atoms with Crippen LogP contribution in [0, 0.1) is 13.8 Å². The third-order valence-electron chi connectivity index (χ3n) is 4.63. The number of hydrogen-bond acceptors (Lipinski definition) is 0. The summed E-state index contributed by atoms with van der Waals surface area (Å²) in [6.07, 6.45) is 12.1. The molecule has 2 unspecified atom stereocenters. The molecule has 152 valence electrons. The number of benzene rings is 2. The average Bonchev–Trinajstić information content (AvgIpc) is 3.34. The molecule has 0 saturated carbocycles. The molecule has 0 aromatic heterocycles. The molecule has 2 radical (unpaired) electrons. The summed E-state index contributed by atoms with van der Waals surface area (Å²) in [5.74, 6) is 1.19. The second-order valence-electron chi connectivity index (χ2n) is 6.69. The summed E-state index contributed by atoms with van der Waals surface area (Å²) >= 11 is -0.826. The molecule has 0 amide bonds. The van der Waals surface area contributed by atoms with Gasteiger partial charge in [-0.15, -0.1) is 0 Å². The van der Waals surface area contributed by atoms with E-state index in [0.29, 0.717) is 11.8 Å². The number of fused-ring (bicyclic) bond motifs is 2. The first-order valence-corrected chi connectivity index (χ1v) is 18.2. The molecule has 2 aliphatic rings. The van der Waals surface area contributed by atoms with Crippen LogP contribution in [0.1, 0.15) is 53.4 Å². The molecule has 0 aliphatic heterocycles. The molecule has 0 bridgehead atoms. The number of allylic oxidation sites excluding steroid dienone is 2. The molecular weight excluding hydrogens is 490 g/mol. The van der Waals surface area contributed by atoms with Crippen LogP contribution < -0.4 is 0 Å². The van der Waals surface area contributed by atoms with Crippen LogP contribution in [0.3, 0.4) is 0 Å². The van der Waals surface area contributed by atoms with Gasteiger partial charge < -0.3 is 13.8 Å². The van der Waals surface area contributed by atoms with Gasteiger partial charge in [-0.3, -0.25) is 0 Å². The van der Waals surface area contributed by atoms with Crippen LogP contribution in [0.4, 0.5) is 0 Å². The van der Waals surface area contributed by atoms with Gasteiger partial charge >= 0.3 is 37.9 Å². The quantitative estimate of drug-likeness (QED) is 0.281. The van der Waals surface area contributed by atoms with Crippen molar-refractivity contribution in [3.05, 3.63) is 96.8 Å². The van der Waals surface area contributed by atoms with Crippen LogP contribution in [0.5, 0.6) is 0 Å². The van der Waals surface area contributed by atoms with Crippen LogP contribution in [0.2, 0.25) is 13.1 Å². The fraction of sp³-hybridized carbons (Fsp3) is 0.280. The summed E-state index contributed by atoms with van der Waals surface area (Å²) in [7, 11) is 11.0. The van der Waals surface area contributed by atoms with Gasteiger partial charge in [-0.2, -0.15) is 12.8 Å². The number of halogens is 2. The summed E-state index contributed by atoms with van der Waals surface area (Å²) in [4.78, 5) is 0. The van der Waals surface area contributed by atoms with Gasteiger partial charge in [0.2, 0.25) is 0 Å². The summed E-state index contributed by atoms with van der Waals surface area (Å²) in [5.41, 5.74) is 5.65. The van der Waals surface area contributed by atoms with Crippen LogP contribution >= 0.6 is 17.0 Å². The molecule has 2 atom stereocenters. The number of rotatable bonds is 3. The first kappa shape index (κ1) is 26.6. The first-order chi connectivity index (χ1) is 14.2. The molecule has 0 heterocycles. The molecule has 0 fully saturated rings. The number of hydrogen-bond donors (Lipinski definition) is 0. The van der Waals surface area contributed by atoms with Gasteiger partial charge in [-0.1, -0.05) is 92.3 Å². The Labute approximate surface area is 199 Å². The van der Waals surface area contributed by atoms with E-state index in [2.05, 4.69) is 99.8 Å². The van der Waals surface area contributed by atoms with Crippen LogP contribution in [-0.2, 0) is 20.8 Å². The fourth-order valence-electron chi connectivity index (χ4n) is 3.37. The van der Waals surface area contributed by atoms with E-state index in [1.54, 1.807) is 0 Å². The first-order valence-electron chi connectivity index (χ1n) is 9.84. The summed E-state index contributed by atoms with van der Waals surface area (Å²) in [5, 5.41) is 0. The van der Waals surface area contributed by atoms with Gasteiger partial charge in [0.05, 0.1) is 0 Å². The molecule has 2 aromatic rings. The second-order valence-corrected chi connectivity index (χ2v) is 11.4. The zero-order valence-corrected chi connectivity index (χ0v) is 22.3. The van der Waals surface area contributed by atoms with Gasteiger partial charge in [0.15, 0.2) is 0 Å². The van der Waals surface area contributed by atoms with Crippen LogP contribution in [-0.4, -0.2) is 9.52 Å². The Morgan fingerprint density at radius 1 is 0.828 bits per heavy atom. The third kappa shape index (κ3) is 9.09. The molecule has 0 nitrogen and oxygen atoms in total. The van der Waals surface area contributed by atoms with Crippen molar-refractivity contribution in [3.8, 4) is 0 Å². The Morgan fingerprint density at radius 3 is 1.69 bits per heavy atom. The topological polar surface area (TPSA) is 0 Å². The van der Waals surface area contributed by atoms with E-state index in [1.807, 2.05) is 0 Å². The van der Waals surface area contributed by atoms with Crippen molar-refractivity contribution in [1.29, 1.82) is 0 Å². The normalized spacial score (nSPS) is 16.8. The third-order valence-corrected chi connectivity index (χ3v) is 4.63. The SMILES string of the molecule is C[Si]C.[CH2-]CC1C=Cc2ccccc21.[CH2-]CCC1C=Cc2ccccc21.[Cl][Zr+2][Cl]. The van der Waals surface area contributed by atoms with Crippen molar-refractivity contribution in [1.82, 2.24) is 0 Å². The van der Waals surface area contributed by atoms with E-state index in [4.69, 9.17) is 17.0 Å². The Bertz CT molecular complexity index is 756. The van der Waals surface area contributed by atoms with E-state index >= 15 is 0 Å². The molecule has 0 N–H and O–H groups in total. The molecule has 4 rings (SSSR count). The minimum absolute atomic E-state index is 0.561. The molecule has 0 saturated heterocycles. The van der Waals surface area contributed by atoms with E-state index in [9.17, 15) is 0 Å². The molecular formula is C25H30Cl2SiZr. The minimum atomic E-state index is -0.826. The Kier molecular flexibility index (Phi) is 15.0. The summed E-state index contributed by atoms with van der Waals surface area (Å²) in [6.45, 7) is 12.1. The van der Waals surface area contributed by atoms with Crippen molar-refractivity contribution in [2.45, 2.75) is 44.2 Å². The Hall–Kier alpha value is -0.400. The van der Waals surface area contributed by atoms with E-state index in [0.717, 1.165) is 22.4 Å². The molecule has 0 spiro atoms. The average molecular weight is 521 g/mol. The van der Waals surface area contributed by atoms with Gasteiger partial charge in [0.25, 0.3) is 0 Å². The maximum absolute atomic E-state index is 4.93. The molecule has 29 heavy (non-hydrogen) atoms. The van der Waals surface area contributed by atoms with Gasteiger partial charge in [0, 0.05) is 15.4 Å². The van der Waals surface area contributed by atoms with Crippen molar-refractivity contribution >= 4 is 38.7 Å². The molecule has 2 aliphatic carbocycles. The molecule has 2 aromatic carbocycles. The zero-order valence-electron chi connectivity index (χ0n) is 17.4. The van der Waals surface area contributed by atoms with E-state index in [1.165, 1.54) is 28.7 Å². The Balaban J connectivity index is 0.000000230. The van der Waals surface area contributed by atoms with Crippen molar-refractivity contribution in [2.75, 3.05) is 0 Å². The standard InChI is InChI=1S/C12H13.C11H11.C2H6Si.2ClH.Zr/c1-2-5-10-8-9-11-6-3-4-7-12(10)11;1-2-9-7-8-10-5-3-4-6-11(9)10;1-3-2;;;/h3-4,6-10H,1-2,5H2;3-9H,1-2H2;1-2H3;2*1H;/q2*-1;;;;+4/p-2. The second kappa shape index (κ2) is 16.3. The fourth-order valence-corrected chi connectivity index (χ4v) is 3.37. The van der Waals surface area contributed by atoms with Crippen LogP contribution in [0.15, 0.2) is 60.7 Å². The Morgan fingerprint density at radius 2 is 1.24 bits per heavy atom. The van der Waals surface area contributed by atoms with Crippen molar-refractivity contribution in [2.24, 2.45) is 0 Å². The zero-order chi connectivity index (χ0) is 21.5. The molecule has 4 heteroatoms. The van der Waals surface area contributed by atoms with E-state index in [-0.39, 0.29) is 0 Å². The monoisotopic (exact) mass is 518 g/mol. The van der Waals surface area contributed by atoms with Gasteiger partial charge in [0.1, 0.15) is 0 Å². The predicted octanol–water partition coefficient (Wildman–Crippen LogP) is 8.60. The van der Waals surface area contributed by atoms with Crippen molar-refractivity contribution in [3.63, 3.8) is 0 Å².